The van der Waals surface area contributed by atoms with Crippen LogP contribution in [0.2, 0.25) is 0 Å². The second-order valence-corrected chi connectivity index (χ2v) is 7.46. The number of unbranched alkanes of at least 4 members (excludes halogenated alkanes) is 1. The zero-order valence-corrected chi connectivity index (χ0v) is 13.9. The molecule has 0 aromatic heterocycles. The first-order chi connectivity index (χ1) is 9.83. The summed E-state index contributed by atoms with van der Waals surface area (Å²) in [5.74, 6) is 1.82. The highest BCUT2D eigenvalue weighted by Crippen LogP contribution is 2.41. The molecule has 0 spiro atoms. The van der Waals surface area contributed by atoms with Gasteiger partial charge in [-0.05, 0) is 51.1 Å². The van der Waals surface area contributed by atoms with Gasteiger partial charge >= 0.3 is 0 Å². The molecule has 2 rings (SSSR count). The van der Waals surface area contributed by atoms with E-state index in [-0.39, 0.29) is 11.0 Å². The van der Waals surface area contributed by atoms with Crippen LogP contribution in [0.1, 0.15) is 52.5 Å². The molecule has 1 heterocycles. The van der Waals surface area contributed by atoms with Crippen LogP contribution in [0.5, 0.6) is 11.5 Å². The molecule has 0 aliphatic carbocycles. The number of hydrogen-bond donors (Lipinski definition) is 1. The quantitative estimate of drug-likeness (QED) is 0.774. The minimum Gasteiger partial charge on any atom is -0.490 e. The lowest BCUT2D eigenvalue weighted by atomic mass is 9.87. The van der Waals surface area contributed by atoms with Crippen LogP contribution in [0.3, 0.4) is 0 Å². The third-order valence-electron chi connectivity index (χ3n) is 4.11. The molecule has 0 radical (unpaired) electrons. The zero-order valence-electron chi connectivity index (χ0n) is 13.9. The Hall–Kier alpha value is -1.22. The van der Waals surface area contributed by atoms with E-state index >= 15 is 0 Å². The normalized spacial score (nSPS) is 16.4. The fraction of sp³-hybridized carbons (Fsp3) is 0.667. The molecule has 0 atom stereocenters. The minimum absolute atomic E-state index is 0.118. The number of rotatable bonds is 7. The van der Waals surface area contributed by atoms with Crippen LogP contribution >= 0.6 is 0 Å². The lowest BCUT2D eigenvalue weighted by Gasteiger charge is -2.22. The van der Waals surface area contributed by atoms with Gasteiger partial charge < -0.3 is 15.2 Å². The number of hydrogen-bond acceptors (Lipinski definition) is 3. The number of nitrogens with two attached hydrogens (primary N) is 1. The van der Waals surface area contributed by atoms with Crippen molar-refractivity contribution >= 4 is 0 Å². The topological polar surface area (TPSA) is 44.5 Å². The zero-order chi connectivity index (χ0) is 15.5. The first-order valence-corrected chi connectivity index (χ1v) is 7.97. The molecule has 1 aromatic carbocycles. The van der Waals surface area contributed by atoms with Crippen LogP contribution < -0.4 is 15.2 Å². The third kappa shape index (κ3) is 4.37. The van der Waals surface area contributed by atoms with Gasteiger partial charge in [0.25, 0.3) is 0 Å². The van der Waals surface area contributed by atoms with Crippen molar-refractivity contribution in [1.29, 1.82) is 0 Å². The number of fused-ring (bicyclic) bond motifs is 1. The highest BCUT2D eigenvalue weighted by Gasteiger charge is 2.32. The molecule has 21 heavy (non-hydrogen) atoms. The van der Waals surface area contributed by atoms with Crippen LogP contribution in [-0.4, -0.2) is 18.8 Å². The van der Waals surface area contributed by atoms with Crippen molar-refractivity contribution in [2.24, 2.45) is 11.1 Å². The molecule has 118 valence electrons. The van der Waals surface area contributed by atoms with Gasteiger partial charge in [0.05, 0.1) is 6.61 Å². The SMILES string of the molecule is CC(C)(CN)CCCCOc1cccc2c1OC(C)(C)C2. The van der Waals surface area contributed by atoms with E-state index in [1.807, 2.05) is 6.07 Å². The fourth-order valence-electron chi connectivity index (χ4n) is 2.69. The van der Waals surface area contributed by atoms with E-state index in [2.05, 4.69) is 39.8 Å². The first kappa shape index (κ1) is 16.2. The Morgan fingerprint density at radius 2 is 2.05 bits per heavy atom. The molecule has 1 aliphatic heterocycles. The van der Waals surface area contributed by atoms with Gasteiger partial charge in [-0.25, -0.2) is 0 Å². The summed E-state index contributed by atoms with van der Waals surface area (Å²) < 4.78 is 11.9. The Morgan fingerprint density at radius 3 is 2.76 bits per heavy atom. The van der Waals surface area contributed by atoms with Crippen LogP contribution in [0.25, 0.3) is 0 Å². The average Bonchev–Trinajstić information content (AvgIpc) is 2.73. The summed E-state index contributed by atoms with van der Waals surface area (Å²) in [5, 5.41) is 0. The van der Waals surface area contributed by atoms with Crippen molar-refractivity contribution in [3.63, 3.8) is 0 Å². The molecule has 0 fully saturated rings. The predicted octanol–water partition coefficient (Wildman–Crippen LogP) is 3.93. The molecule has 2 N–H and O–H groups in total. The van der Waals surface area contributed by atoms with E-state index < -0.39 is 0 Å². The molecule has 0 amide bonds. The van der Waals surface area contributed by atoms with Gasteiger partial charge in [0.1, 0.15) is 5.60 Å². The van der Waals surface area contributed by atoms with Crippen molar-refractivity contribution in [2.75, 3.05) is 13.2 Å². The molecule has 0 bridgehead atoms. The second kappa shape index (κ2) is 6.27. The summed E-state index contributed by atoms with van der Waals surface area (Å²) >= 11 is 0. The van der Waals surface area contributed by atoms with Crippen LogP contribution in [0.15, 0.2) is 18.2 Å². The summed E-state index contributed by atoms with van der Waals surface area (Å²) in [7, 11) is 0. The Kier molecular flexibility index (Phi) is 4.82. The molecular weight excluding hydrogens is 262 g/mol. The van der Waals surface area contributed by atoms with Crippen LogP contribution in [-0.2, 0) is 6.42 Å². The van der Waals surface area contributed by atoms with E-state index in [0.29, 0.717) is 0 Å². The smallest absolute Gasteiger partial charge is 0.165 e. The Balaban J connectivity index is 1.82. The van der Waals surface area contributed by atoms with Gasteiger partial charge in [-0.15, -0.1) is 0 Å². The van der Waals surface area contributed by atoms with E-state index in [1.165, 1.54) is 5.56 Å². The summed E-state index contributed by atoms with van der Waals surface area (Å²) in [6.45, 7) is 10.1. The van der Waals surface area contributed by atoms with Gasteiger partial charge in [-0.2, -0.15) is 0 Å². The maximum absolute atomic E-state index is 6.01. The van der Waals surface area contributed by atoms with E-state index in [4.69, 9.17) is 15.2 Å². The summed E-state index contributed by atoms with van der Waals surface area (Å²) in [6, 6.07) is 6.18. The molecule has 0 saturated heterocycles. The van der Waals surface area contributed by atoms with Crippen molar-refractivity contribution in [3.8, 4) is 11.5 Å². The van der Waals surface area contributed by atoms with E-state index in [1.54, 1.807) is 0 Å². The summed E-state index contributed by atoms with van der Waals surface area (Å²) in [5.41, 5.74) is 7.12. The Morgan fingerprint density at radius 1 is 1.29 bits per heavy atom. The molecule has 1 aliphatic rings. The number of ether oxygens (including phenoxy) is 2. The number of para-hydroxylation sites is 1. The lowest BCUT2D eigenvalue weighted by molar-refractivity contribution is 0.132. The van der Waals surface area contributed by atoms with Gasteiger partial charge in [0.15, 0.2) is 11.5 Å². The van der Waals surface area contributed by atoms with Crippen molar-refractivity contribution in [3.05, 3.63) is 23.8 Å². The monoisotopic (exact) mass is 291 g/mol. The molecule has 3 heteroatoms. The van der Waals surface area contributed by atoms with Gasteiger partial charge in [-0.3, -0.25) is 0 Å². The van der Waals surface area contributed by atoms with Crippen molar-refractivity contribution in [2.45, 2.75) is 59.0 Å². The van der Waals surface area contributed by atoms with Crippen LogP contribution in [0, 0.1) is 5.41 Å². The van der Waals surface area contributed by atoms with Gasteiger partial charge in [0, 0.05) is 12.0 Å². The number of benzene rings is 1. The lowest BCUT2D eigenvalue weighted by Crippen LogP contribution is -2.24. The maximum atomic E-state index is 6.01. The van der Waals surface area contributed by atoms with E-state index in [0.717, 1.165) is 50.3 Å². The third-order valence-corrected chi connectivity index (χ3v) is 4.11. The van der Waals surface area contributed by atoms with Crippen molar-refractivity contribution in [1.82, 2.24) is 0 Å². The minimum atomic E-state index is -0.118. The Labute approximate surface area is 128 Å². The molecule has 0 unspecified atom stereocenters. The largest absolute Gasteiger partial charge is 0.490 e. The van der Waals surface area contributed by atoms with Gasteiger partial charge in [-0.1, -0.05) is 26.0 Å². The van der Waals surface area contributed by atoms with E-state index in [9.17, 15) is 0 Å². The second-order valence-electron chi connectivity index (χ2n) is 7.46. The average molecular weight is 291 g/mol. The first-order valence-electron chi connectivity index (χ1n) is 7.97. The summed E-state index contributed by atoms with van der Waals surface area (Å²) in [6.07, 6.45) is 4.29. The standard InChI is InChI=1S/C18H29NO2/c1-17(2,13-19)10-5-6-11-20-15-9-7-8-14-12-18(3,4)21-16(14)15/h7-9H,5-6,10-13,19H2,1-4H3. The molecule has 1 aromatic rings. The molecule has 0 saturated carbocycles. The van der Waals surface area contributed by atoms with Gasteiger partial charge in [0.2, 0.25) is 0 Å². The van der Waals surface area contributed by atoms with Crippen LogP contribution in [0.4, 0.5) is 0 Å². The molecule has 3 nitrogen and oxygen atoms in total. The predicted molar refractivity (Wildman–Crippen MR) is 87.0 cm³/mol. The highest BCUT2D eigenvalue weighted by molar-refractivity contribution is 5.50. The Bertz CT molecular complexity index is 480. The molecular formula is C18H29NO2. The van der Waals surface area contributed by atoms with Crippen molar-refractivity contribution < 1.29 is 9.47 Å². The highest BCUT2D eigenvalue weighted by atomic mass is 16.5. The summed E-state index contributed by atoms with van der Waals surface area (Å²) in [4.78, 5) is 0. The maximum Gasteiger partial charge on any atom is 0.165 e. The fourth-order valence-corrected chi connectivity index (χ4v) is 2.69.